The summed E-state index contributed by atoms with van der Waals surface area (Å²) in [6, 6.07) is 10.1. The van der Waals surface area contributed by atoms with Crippen LogP contribution >= 0.6 is 34.5 Å². The number of anilines is 1. The maximum Gasteiger partial charge on any atom is 0.321 e. The molecule has 3 heterocycles. The third-order valence-electron chi connectivity index (χ3n) is 8.70. The van der Waals surface area contributed by atoms with Crippen molar-refractivity contribution in [2.24, 2.45) is 5.92 Å². The summed E-state index contributed by atoms with van der Waals surface area (Å²) in [5.74, 6) is 0.616. The van der Waals surface area contributed by atoms with Gasteiger partial charge in [0.15, 0.2) is 0 Å². The van der Waals surface area contributed by atoms with Gasteiger partial charge in [-0.1, -0.05) is 60.7 Å². The normalized spacial score (nSPS) is 20.0. The molecule has 0 unspecified atom stereocenters. The lowest BCUT2D eigenvalue weighted by Gasteiger charge is -2.39. The van der Waals surface area contributed by atoms with Gasteiger partial charge in [0.05, 0.1) is 31.5 Å². The average Bonchev–Trinajstić information content (AvgIpc) is 3.54. The monoisotopic (exact) mass is 568 g/mol. The molecule has 3 aromatic rings. The molecule has 8 heteroatoms. The van der Waals surface area contributed by atoms with Crippen molar-refractivity contribution in [3.63, 3.8) is 0 Å². The van der Waals surface area contributed by atoms with Crippen molar-refractivity contribution < 1.29 is 4.79 Å². The van der Waals surface area contributed by atoms with E-state index >= 15 is 0 Å². The number of fused-ring (bicyclic) bond motifs is 4. The van der Waals surface area contributed by atoms with Crippen molar-refractivity contribution in [3.05, 3.63) is 63.1 Å². The molecule has 1 N–H and O–H groups in total. The first kappa shape index (κ1) is 26.1. The van der Waals surface area contributed by atoms with E-state index in [0.717, 1.165) is 62.3 Å². The van der Waals surface area contributed by atoms with E-state index < -0.39 is 0 Å². The van der Waals surface area contributed by atoms with E-state index in [2.05, 4.69) is 34.5 Å². The quantitative estimate of drug-likeness (QED) is 0.342. The predicted octanol–water partition coefficient (Wildman–Crippen LogP) is 7.76. The van der Waals surface area contributed by atoms with Gasteiger partial charge in [-0.25, -0.2) is 9.78 Å². The van der Waals surface area contributed by atoms with Gasteiger partial charge in [0.1, 0.15) is 0 Å². The fourth-order valence-corrected chi connectivity index (χ4v) is 7.55. The summed E-state index contributed by atoms with van der Waals surface area (Å²) in [5.41, 5.74) is 6.37. The van der Waals surface area contributed by atoms with E-state index in [1.54, 1.807) is 11.3 Å². The van der Waals surface area contributed by atoms with Crippen LogP contribution in [0, 0.1) is 5.92 Å². The zero-order valence-corrected chi connectivity index (χ0v) is 23.9. The number of carbonyl (C=O) groups is 1. The van der Waals surface area contributed by atoms with Crippen LogP contribution in [-0.2, 0) is 5.41 Å². The Morgan fingerprint density at radius 1 is 1.11 bits per heavy atom. The van der Waals surface area contributed by atoms with Crippen molar-refractivity contribution in [1.82, 2.24) is 15.2 Å². The lowest BCUT2D eigenvalue weighted by Crippen LogP contribution is -2.48. The summed E-state index contributed by atoms with van der Waals surface area (Å²) in [6.07, 6.45) is 12.7. The number of hydrogen-bond donors (Lipinski definition) is 1. The molecule has 3 aliphatic rings. The Morgan fingerprint density at radius 2 is 1.92 bits per heavy atom. The van der Waals surface area contributed by atoms with E-state index in [9.17, 15) is 4.79 Å². The van der Waals surface area contributed by atoms with Crippen LogP contribution < -0.4 is 10.2 Å². The van der Waals surface area contributed by atoms with Crippen LogP contribution in [0.3, 0.4) is 0 Å². The highest BCUT2D eigenvalue weighted by molar-refractivity contribution is 7.16. The Bertz CT molecular complexity index is 1340. The molecule has 1 aliphatic carbocycles. The van der Waals surface area contributed by atoms with Gasteiger partial charge in [-0.05, 0) is 74.5 Å². The zero-order valence-electron chi connectivity index (χ0n) is 21.6. The van der Waals surface area contributed by atoms with Gasteiger partial charge < -0.3 is 5.32 Å². The number of nitrogens with zero attached hydrogens (tertiary/aromatic N) is 3. The molecule has 2 amide bonds. The third-order valence-corrected chi connectivity index (χ3v) is 10.2. The number of piperidine rings is 1. The molecule has 2 fully saturated rings. The number of amides is 2. The number of urea groups is 1. The van der Waals surface area contributed by atoms with Gasteiger partial charge in [0.2, 0.25) is 0 Å². The first-order valence-corrected chi connectivity index (χ1v) is 15.4. The Labute approximate surface area is 238 Å². The molecule has 1 saturated carbocycles. The number of aromatic nitrogens is 1. The minimum Gasteiger partial charge on any atom is -0.337 e. The molecular formula is C30H34Cl2N4OS. The molecular weight excluding hydrogens is 535 g/mol. The summed E-state index contributed by atoms with van der Waals surface area (Å²) in [7, 11) is 0. The van der Waals surface area contributed by atoms with E-state index in [4.69, 9.17) is 28.2 Å². The van der Waals surface area contributed by atoms with Crippen molar-refractivity contribution in [3.8, 4) is 0 Å². The molecule has 1 spiro atoms. The maximum absolute atomic E-state index is 13.5. The predicted molar refractivity (Wildman–Crippen MR) is 160 cm³/mol. The van der Waals surface area contributed by atoms with Crippen LogP contribution in [-0.4, -0.2) is 48.6 Å². The maximum atomic E-state index is 13.5. The molecule has 2 aliphatic heterocycles. The first-order chi connectivity index (χ1) is 18.5. The van der Waals surface area contributed by atoms with Gasteiger partial charge in [-0.3, -0.25) is 9.80 Å². The standard InChI is InChI=1S/C30H34Cl2N4OS/c31-23-9-8-21(17-24(23)32)7-4-14-35-15-12-30(13-16-35)19-36(29(37)33-18-22-5-2-1-3-6-22)25-10-11-26-28(27(25)30)34-20-38-26/h4,7-11,17,20,22H,1-3,5-6,12-16,18-19H2,(H,33,37). The molecule has 200 valence electrons. The lowest BCUT2D eigenvalue weighted by atomic mass is 9.74. The fraction of sp³-hybridized carbons (Fsp3) is 0.467. The Hall–Kier alpha value is -2.12. The number of carbonyl (C=O) groups excluding carboxylic acids is 1. The molecule has 1 saturated heterocycles. The molecule has 1 aromatic heterocycles. The minimum atomic E-state index is -0.0466. The largest absolute Gasteiger partial charge is 0.337 e. The summed E-state index contributed by atoms with van der Waals surface area (Å²) < 4.78 is 1.21. The Balaban J connectivity index is 1.16. The van der Waals surface area contributed by atoms with Crippen LogP contribution in [0.4, 0.5) is 10.5 Å². The van der Waals surface area contributed by atoms with Crippen LogP contribution in [0.2, 0.25) is 10.0 Å². The first-order valence-electron chi connectivity index (χ1n) is 13.8. The number of hydrogen-bond acceptors (Lipinski definition) is 4. The summed E-state index contributed by atoms with van der Waals surface area (Å²) in [6.45, 7) is 4.39. The second kappa shape index (κ2) is 11.2. The molecule has 38 heavy (non-hydrogen) atoms. The van der Waals surface area contributed by atoms with Gasteiger partial charge in [-0.2, -0.15) is 0 Å². The summed E-state index contributed by atoms with van der Waals surface area (Å²) >= 11 is 13.9. The SMILES string of the molecule is O=C(NCC1CCCCC1)N1CC2(CCN(CC=Cc3ccc(Cl)c(Cl)c3)CC2)c2c1ccc1scnc21. The van der Waals surface area contributed by atoms with E-state index in [1.165, 1.54) is 42.4 Å². The van der Waals surface area contributed by atoms with Gasteiger partial charge >= 0.3 is 6.03 Å². The number of rotatable bonds is 5. The van der Waals surface area contributed by atoms with Crippen LogP contribution in [0.15, 0.2) is 41.9 Å². The lowest BCUT2D eigenvalue weighted by molar-refractivity contribution is 0.180. The molecule has 2 aromatic carbocycles. The third kappa shape index (κ3) is 5.21. The highest BCUT2D eigenvalue weighted by Gasteiger charge is 2.48. The van der Waals surface area contributed by atoms with E-state index in [0.29, 0.717) is 16.0 Å². The average molecular weight is 570 g/mol. The summed E-state index contributed by atoms with van der Waals surface area (Å²) in [4.78, 5) is 22.8. The number of nitrogens with one attached hydrogen (secondary N) is 1. The Morgan fingerprint density at radius 3 is 2.71 bits per heavy atom. The van der Waals surface area contributed by atoms with Gasteiger partial charge in [-0.15, -0.1) is 11.3 Å². The van der Waals surface area contributed by atoms with Crippen molar-refractivity contribution in [1.29, 1.82) is 0 Å². The Kier molecular flexibility index (Phi) is 7.68. The van der Waals surface area contributed by atoms with E-state index in [-0.39, 0.29) is 11.4 Å². The van der Waals surface area contributed by atoms with Gasteiger partial charge in [0.25, 0.3) is 0 Å². The second-order valence-corrected chi connectivity index (χ2v) is 12.8. The highest BCUT2D eigenvalue weighted by Crippen LogP contribution is 2.50. The van der Waals surface area contributed by atoms with E-state index in [1.807, 2.05) is 28.6 Å². The minimum absolute atomic E-state index is 0.0466. The number of benzene rings is 2. The molecule has 5 nitrogen and oxygen atoms in total. The fourth-order valence-electron chi connectivity index (χ4n) is 6.56. The summed E-state index contributed by atoms with van der Waals surface area (Å²) in [5, 5.41) is 4.45. The number of thiazole rings is 1. The molecule has 0 bridgehead atoms. The number of likely N-dealkylation sites (tertiary alicyclic amines) is 1. The second-order valence-electron chi connectivity index (χ2n) is 11.1. The zero-order chi connectivity index (χ0) is 26.1. The van der Waals surface area contributed by atoms with Crippen molar-refractivity contribution in [2.45, 2.75) is 50.4 Å². The van der Waals surface area contributed by atoms with Crippen LogP contribution in [0.5, 0.6) is 0 Å². The van der Waals surface area contributed by atoms with Crippen LogP contribution in [0.25, 0.3) is 16.3 Å². The van der Waals surface area contributed by atoms with Crippen molar-refractivity contribution >= 4 is 62.5 Å². The highest BCUT2D eigenvalue weighted by atomic mass is 35.5. The topological polar surface area (TPSA) is 48.5 Å². The molecule has 0 radical (unpaired) electrons. The van der Waals surface area contributed by atoms with Crippen molar-refractivity contribution in [2.75, 3.05) is 37.6 Å². The van der Waals surface area contributed by atoms with Gasteiger partial charge in [0, 0.05) is 30.6 Å². The smallest absolute Gasteiger partial charge is 0.321 e. The number of halogens is 2. The molecule has 6 rings (SSSR count). The van der Waals surface area contributed by atoms with Crippen LogP contribution in [0.1, 0.15) is 56.1 Å². The molecule has 0 atom stereocenters.